The van der Waals surface area contributed by atoms with Crippen LogP contribution in [0, 0.1) is 6.92 Å². The summed E-state index contributed by atoms with van der Waals surface area (Å²) in [6, 6.07) is 18.8. The fraction of sp³-hybridized carbons (Fsp3) is 0.310. The fourth-order valence-electron chi connectivity index (χ4n) is 5.14. The SMILES string of the molecule is Cc1ccccc1C(=O)N1[C@@H](C(=O)NCc2ccccn2)COC12CCN(C(=O)c1ccc(Cl)cc1)CC2. The number of carbonyl (C=O) groups is 3. The van der Waals surface area contributed by atoms with Crippen molar-refractivity contribution in [3.63, 3.8) is 0 Å². The molecule has 1 atom stereocenters. The lowest BCUT2D eigenvalue weighted by atomic mass is 9.95. The molecule has 196 valence electrons. The largest absolute Gasteiger partial charge is 0.353 e. The number of carbonyl (C=O) groups excluding carboxylic acids is 3. The van der Waals surface area contributed by atoms with Gasteiger partial charge in [-0.05, 0) is 55.0 Å². The maximum Gasteiger partial charge on any atom is 0.257 e. The Morgan fingerprint density at radius 1 is 1.00 bits per heavy atom. The standard InChI is InChI=1S/C29H29ClN4O4/c1-20-6-2-3-8-24(20)28(37)34-25(26(35)32-18-23-7-4-5-15-31-23)19-38-29(34)13-16-33(17-14-29)27(36)21-9-11-22(30)12-10-21/h2-12,15,25H,13-14,16-19H2,1H3,(H,32,35)/t25-/m1/s1. The van der Waals surface area contributed by atoms with Crippen LogP contribution in [0.15, 0.2) is 72.9 Å². The number of pyridine rings is 1. The highest BCUT2D eigenvalue weighted by atomic mass is 35.5. The molecular formula is C29H29ClN4O4. The third-order valence-electron chi connectivity index (χ3n) is 7.25. The number of aromatic nitrogens is 1. The maximum atomic E-state index is 14.0. The molecule has 2 saturated heterocycles. The van der Waals surface area contributed by atoms with Gasteiger partial charge in [0.1, 0.15) is 11.8 Å². The molecule has 9 heteroatoms. The smallest absolute Gasteiger partial charge is 0.257 e. The lowest BCUT2D eigenvalue weighted by molar-refractivity contribution is -0.128. The van der Waals surface area contributed by atoms with Crippen molar-refractivity contribution in [1.29, 1.82) is 0 Å². The monoisotopic (exact) mass is 532 g/mol. The Hall–Kier alpha value is -3.75. The number of amides is 3. The van der Waals surface area contributed by atoms with Gasteiger partial charge in [0.25, 0.3) is 11.8 Å². The molecule has 8 nitrogen and oxygen atoms in total. The van der Waals surface area contributed by atoms with Gasteiger partial charge < -0.3 is 15.0 Å². The highest BCUT2D eigenvalue weighted by molar-refractivity contribution is 6.30. The van der Waals surface area contributed by atoms with Gasteiger partial charge in [0, 0.05) is 48.3 Å². The summed E-state index contributed by atoms with van der Waals surface area (Å²) in [6.45, 7) is 2.98. The second-order valence-corrected chi connectivity index (χ2v) is 10.0. The zero-order valence-corrected chi connectivity index (χ0v) is 21.9. The number of hydrogen-bond donors (Lipinski definition) is 1. The van der Waals surface area contributed by atoms with E-state index in [2.05, 4.69) is 10.3 Å². The zero-order chi connectivity index (χ0) is 26.7. The van der Waals surface area contributed by atoms with Crippen LogP contribution in [0.5, 0.6) is 0 Å². The van der Waals surface area contributed by atoms with Crippen LogP contribution in [-0.2, 0) is 16.1 Å². The van der Waals surface area contributed by atoms with Crippen molar-refractivity contribution in [2.24, 2.45) is 0 Å². The van der Waals surface area contributed by atoms with Gasteiger partial charge in [-0.1, -0.05) is 35.9 Å². The quantitative estimate of drug-likeness (QED) is 0.539. The summed E-state index contributed by atoms with van der Waals surface area (Å²) in [7, 11) is 0. The molecule has 0 bridgehead atoms. The molecule has 3 amide bonds. The average molecular weight is 533 g/mol. The Bertz CT molecular complexity index is 1320. The molecule has 1 N–H and O–H groups in total. The van der Waals surface area contributed by atoms with Gasteiger partial charge in [-0.2, -0.15) is 0 Å². The Morgan fingerprint density at radius 3 is 2.39 bits per heavy atom. The van der Waals surface area contributed by atoms with E-state index >= 15 is 0 Å². The molecule has 2 fully saturated rings. The van der Waals surface area contributed by atoms with Crippen molar-refractivity contribution < 1.29 is 19.1 Å². The first kappa shape index (κ1) is 25.9. The number of hydrogen-bond acceptors (Lipinski definition) is 5. The third-order valence-corrected chi connectivity index (χ3v) is 7.50. The van der Waals surface area contributed by atoms with E-state index in [1.165, 1.54) is 0 Å². The van der Waals surface area contributed by atoms with Crippen LogP contribution < -0.4 is 5.32 Å². The number of aryl methyl sites for hydroxylation is 1. The van der Waals surface area contributed by atoms with E-state index in [1.807, 2.05) is 43.3 Å². The van der Waals surface area contributed by atoms with Gasteiger partial charge in [0.2, 0.25) is 5.91 Å². The first-order chi connectivity index (χ1) is 18.4. The van der Waals surface area contributed by atoms with Gasteiger partial charge in [0.15, 0.2) is 0 Å². The Labute approximate surface area is 226 Å². The number of piperidine rings is 1. The van der Waals surface area contributed by atoms with E-state index < -0.39 is 11.8 Å². The summed E-state index contributed by atoms with van der Waals surface area (Å²) < 4.78 is 6.29. The molecule has 38 heavy (non-hydrogen) atoms. The van der Waals surface area contributed by atoms with Crippen LogP contribution >= 0.6 is 11.6 Å². The van der Waals surface area contributed by atoms with Crippen molar-refractivity contribution in [2.75, 3.05) is 19.7 Å². The molecule has 3 aromatic rings. The summed E-state index contributed by atoms with van der Waals surface area (Å²) in [4.78, 5) is 48.0. The molecular weight excluding hydrogens is 504 g/mol. The minimum absolute atomic E-state index is 0.0802. The predicted octanol–water partition coefficient (Wildman–Crippen LogP) is 3.83. The van der Waals surface area contributed by atoms with Crippen molar-refractivity contribution in [3.8, 4) is 0 Å². The zero-order valence-electron chi connectivity index (χ0n) is 21.1. The van der Waals surface area contributed by atoms with Crippen molar-refractivity contribution >= 4 is 29.3 Å². The number of nitrogens with one attached hydrogen (secondary N) is 1. The van der Waals surface area contributed by atoms with Gasteiger partial charge in [-0.15, -0.1) is 0 Å². The molecule has 2 aliphatic rings. The first-order valence-electron chi connectivity index (χ1n) is 12.6. The number of benzene rings is 2. The highest BCUT2D eigenvalue weighted by Gasteiger charge is 2.54. The van der Waals surface area contributed by atoms with Crippen molar-refractivity contribution in [3.05, 3.63) is 100 Å². The molecule has 0 saturated carbocycles. The van der Waals surface area contributed by atoms with Crippen LogP contribution in [0.2, 0.25) is 5.02 Å². The normalized spacial score (nSPS) is 18.4. The molecule has 2 aromatic carbocycles. The molecule has 1 spiro atoms. The second-order valence-electron chi connectivity index (χ2n) is 9.60. The fourth-order valence-corrected chi connectivity index (χ4v) is 5.27. The van der Waals surface area contributed by atoms with E-state index in [9.17, 15) is 14.4 Å². The van der Waals surface area contributed by atoms with Crippen LogP contribution in [0.25, 0.3) is 0 Å². The molecule has 2 aliphatic heterocycles. The lowest BCUT2D eigenvalue weighted by Gasteiger charge is -2.44. The summed E-state index contributed by atoms with van der Waals surface area (Å²) in [5, 5.41) is 3.48. The molecule has 0 unspecified atom stereocenters. The number of nitrogens with zero attached hydrogens (tertiary/aromatic N) is 3. The number of halogens is 1. The Kier molecular flexibility index (Phi) is 7.44. The van der Waals surface area contributed by atoms with Gasteiger partial charge in [-0.25, -0.2) is 0 Å². The summed E-state index contributed by atoms with van der Waals surface area (Å²) in [5.41, 5.74) is 1.64. The van der Waals surface area contributed by atoms with Crippen molar-refractivity contribution in [1.82, 2.24) is 20.1 Å². The summed E-state index contributed by atoms with van der Waals surface area (Å²) in [6.07, 6.45) is 2.46. The van der Waals surface area contributed by atoms with Crippen LogP contribution in [0.1, 0.15) is 44.8 Å². The molecule has 5 rings (SSSR count). The molecule has 0 radical (unpaired) electrons. The van der Waals surface area contributed by atoms with Gasteiger partial charge in [-0.3, -0.25) is 24.3 Å². The van der Waals surface area contributed by atoms with Gasteiger partial charge in [0.05, 0.1) is 18.8 Å². The van der Waals surface area contributed by atoms with Crippen LogP contribution in [0.4, 0.5) is 0 Å². The number of ether oxygens (including phenoxy) is 1. The molecule has 1 aromatic heterocycles. The highest BCUT2D eigenvalue weighted by Crippen LogP contribution is 2.39. The Balaban J connectivity index is 1.37. The van der Waals surface area contributed by atoms with Crippen LogP contribution in [0.3, 0.4) is 0 Å². The number of likely N-dealkylation sites (tertiary alicyclic amines) is 1. The lowest BCUT2D eigenvalue weighted by Crippen LogP contribution is -2.59. The second kappa shape index (κ2) is 10.9. The summed E-state index contributed by atoms with van der Waals surface area (Å²) >= 11 is 5.97. The number of rotatable bonds is 5. The van der Waals surface area contributed by atoms with Gasteiger partial charge >= 0.3 is 0 Å². The molecule has 0 aliphatic carbocycles. The van der Waals surface area contributed by atoms with E-state index in [0.717, 1.165) is 11.3 Å². The van der Waals surface area contributed by atoms with E-state index in [1.54, 1.807) is 46.3 Å². The van der Waals surface area contributed by atoms with Crippen molar-refractivity contribution in [2.45, 2.75) is 38.1 Å². The average Bonchev–Trinajstić information content (AvgIpc) is 3.31. The molecule has 3 heterocycles. The summed E-state index contributed by atoms with van der Waals surface area (Å²) in [5.74, 6) is -0.652. The third kappa shape index (κ3) is 5.14. The minimum atomic E-state index is -0.983. The van der Waals surface area contributed by atoms with E-state index in [-0.39, 0.29) is 30.9 Å². The van der Waals surface area contributed by atoms with E-state index in [0.29, 0.717) is 42.1 Å². The maximum absolute atomic E-state index is 14.0. The topological polar surface area (TPSA) is 91.8 Å². The first-order valence-corrected chi connectivity index (χ1v) is 13.0. The van der Waals surface area contributed by atoms with Crippen LogP contribution in [-0.4, -0.2) is 64.0 Å². The predicted molar refractivity (Wildman–Crippen MR) is 142 cm³/mol. The van der Waals surface area contributed by atoms with E-state index in [4.69, 9.17) is 16.3 Å². The minimum Gasteiger partial charge on any atom is -0.353 e. The Morgan fingerprint density at radius 2 is 1.71 bits per heavy atom.